The molecule has 1 atom stereocenters. The Kier molecular flexibility index (Phi) is 3.01. The molecule has 0 aliphatic carbocycles. The summed E-state index contributed by atoms with van der Waals surface area (Å²) in [6.07, 6.45) is -0.0585. The lowest BCUT2D eigenvalue weighted by Gasteiger charge is -2.24. The highest BCUT2D eigenvalue weighted by molar-refractivity contribution is 6.31. The molecule has 4 heteroatoms. The first-order valence-corrected chi connectivity index (χ1v) is 4.92. The van der Waals surface area contributed by atoms with Crippen LogP contribution in [0.3, 0.4) is 0 Å². The van der Waals surface area contributed by atoms with Crippen molar-refractivity contribution >= 4 is 11.6 Å². The van der Waals surface area contributed by atoms with Crippen LogP contribution in [0.1, 0.15) is 11.7 Å². The van der Waals surface area contributed by atoms with Crippen molar-refractivity contribution in [2.75, 3.05) is 19.7 Å². The van der Waals surface area contributed by atoms with E-state index in [2.05, 4.69) is 5.32 Å². The number of rotatable bonds is 1. The number of hydrogen-bond donors (Lipinski definition) is 1. The number of benzene rings is 1. The van der Waals surface area contributed by atoms with Gasteiger partial charge < -0.3 is 10.1 Å². The molecule has 1 fully saturated rings. The number of nitrogens with one attached hydrogen (secondary N) is 1. The number of ether oxygens (including phenoxy) is 1. The topological polar surface area (TPSA) is 21.3 Å². The van der Waals surface area contributed by atoms with Crippen molar-refractivity contribution < 1.29 is 9.13 Å². The minimum atomic E-state index is -0.317. The van der Waals surface area contributed by atoms with Crippen molar-refractivity contribution in [3.8, 4) is 0 Å². The second-order valence-corrected chi connectivity index (χ2v) is 3.64. The molecule has 1 N–H and O–H groups in total. The van der Waals surface area contributed by atoms with Crippen LogP contribution in [0.15, 0.2) is 18.2 Å². The van der Waals surface area contributed by atoms with Crippen LogP contribution >= 0.6 is 11.6 Å². The third-order valence-electron chi connectivity index (χ3n) is 2.24. The summed E-state index contributed by atoms with van der Waals surface area (Å²) in [4.78, 5) is 0. The third kappa shape index (κ3) is 2.05. The van der Waals surface area contributed by atoms with Gasteiger partial charge in [0, 0.05) is 23.7 Å². The summed E-state index contributed by atoms with van der Waals surface area (Å²) in [5, 5.41) is 3.63. The highest BCUT2D eigenvalue weighted by atomic mass is 35.5. The summed E-state index contributed by atoms with van der Waals surface area (Å²) in [6.45, 7) is 2.25. The molecule has 1 aromatic carbocycles. The lowest BCUT2D eigenvalue weighted by atomic mass is 10.1. The van der Waals surface area contributed by atoms with Gasteiger partial charge in [-0.3, -0.25) is 0 Å². The third-order valence-corrected chi connectivity index (χ3v) is 2.56. The van der Waals surface area contributed by atoms with E-state index < -0.39 is 0 Å². The molecule has 0 saturated carbocycles. The highest BCUT2D eigenvalue weighted by Crippen LogP contribution is 2.26. The minimum absolute atomic E-state index is 0.0585. The maximum absolute atomic E-state index is 12.8. The Bertz CT molecular complexity index is 326. The zero-order valence-corrected chi connectivity index (χ0v) is 8.35. The molecular formula is C10H11ClFNO. The molecule has 76 valence electrons. The summed E-state index contributed by atoms with van der Waals surface area (Å²) < 4.78 is 18.3. The maximum Gasteiger partial charge on any atom is 0.124 e. The quantitative estimate of drug-likeness (QED) is 0.775. The van der Waals surface area contributed by atoms with Gasteiger partial charge in [-0.25, -0.2) is 4.39 Å². The molecule has 1 saturated heterocycles. The zero-order valence-electron chi connectivity index (χ0n) is 7.59. The van der Waals surface area contributed by atoms with E-state index >= 15 is 0 Å². The van der Waals surface area contributed by atoms with Crippen LogP contribution in [0.4, 0.5) is 4.39 Å². The van der Waals surface area contributed by atoms with Crippen LogP contribution in [0.2, 0.25) is 5.02 Å². The van der Waals surface area contributed by atoms with Gasteiger partial charge in [-0.15, -0.1) is 0 Å². The second kappa shape index (κ2) is 4.26. The molecule has 1 aromatic rings. The Morgan fingerprint density at radius 3 is 3.00 bits per heavy atom. The van der Waals surface area contributed by atoms with Crippen molar-refractivity contribution in [2.24, 2.45) is 0 Å². The standard InChI is InChI=1S/C10H11ClFNO/c11-9-5-7(12)1-2-8(9)10-6-13-3-4-14-10/h1-2,5,10,13H,3-4,6H2. The first kappa shape index (κ1) is 9.90. The number of hydrogen-bond acceptors (Lipinski definition) is 2. The van der Waals surface area contributed by atoms with Crippen LogP contribution < -0.4 is 5.32 Å². The zero-order chi connectivity index (χ0) is 9.97. The van der Waals surface area contributed by atoms with Gasteiger partial charge in [0.2, 0.25) is 0 Å². The van der Waals surface area contributed by atoms with Gasteiger partial charge in [-0.1, -0.05) is 17.7 Å². The normalized spacial score (nSPS) is 22.3. The predicted octanol–water partition coefficient (Wildman–Crippen LogP) is 2.14. The molecule has 1 aliphatic heterocycles. The summed E-state index contributed by atoms with van der Waals surface area (Å²) in [5.74, 6) is -0.317. The van der Waals surface area contributed by atoms with Crippen molar-refractivity contribution in [1.82, 2.24) is 5.32 Å². The number of morpholine rings is 1. The van der Waals surface area contributed by atoms with Gasteiger partial charge >= 0.3 is 0 Å². The van der Waals surface area contributed by atoms with Gasteiger partial charge in [0.05, 0.1) is 12.7 Å². The highest BCUT2D eigenvalue weighted by Gasteiger charge is 2.18. The molecule has 0 bridgehead atoms. The molecule has 0 aromatic heterocycles. The Balaban J connectivity index is 2.22. The van der Waals surface area contributed by atoms with Crippen molar-refractivity contribution in [1.29, 1.82) is 0 Å². The largest absolute Gasteiger partial charge is 0.371 e. The summed E-state index contributed by atoms with van der Waals surface area (Å²) in [7, 11) is 0. The van der Waals surface area contributed by atoms with Gasteiger partial charge in [0.25, 0.3) is 0 Å². The van der Waals surface area contributed by atoms with Gasteiger partial charge in [0.1, 0.15) is 5.82 Å². The molecule has 14 heavy (non-hydrogen) atoms. The van der Waals surface area contributed by atoms with Crippen molar-refractivity contribution in [2.45, 2.75) is 6.10 Å². The Hall–Kier alpha value is -0.640. The van der Waals surface area contributed by atoms with Crippen LogP contribution in [0.25, 0.3) is 0 Å². The predicted molar refractivity (Wildman–Crippen MR) is 53.0 cm³/mol. The van der Waals surface area contributed by atoms with E-state index in [1.165, 1.54) is 12.1 Å². The van der Waals surface area contributed by atoms with Crippen LogP contribution in [-0.2, 0) is 4.74 Å². The molecule has 1 aliphatic rings. The van der Waals surface area contributed by atoms with Gasteiger partial charge in [-0.05, 0) is 12.1 Å². The summed E-state index contributed by atoms with van der Waals surface area (Å²) in [5.41, 5.74) is 0.847. The lowest BCUT2D eigenvalue weighted by molar-refractivity contribution is 0.0277. The first-order chi connectivity index (χ1) is 6.77. The SMILES string of the molecule is Fc1ccc(C2CNCCO2)c(Cl)c1. The minimum Gasteiger partial charge on any atom is -0.371 e. The Labute approximate surface area is 87.0 Å². The molecule has 0 spiro atoms. The molecule has 0 radical (unpaired) electrons. The monoisotopic (exact) mass is 215 g/mol. The van der Waals surface area contributed by atoms with Crippen LogP contribution in [-0.4, -0.2) is 19.7 Å². The smallest absolute Gasteiger partial charge is 0.124 e. The van der Waals surface area contributed by atoms with E-state index in [4.69, 9.17) is 16.3 Å². The first-order valence-electron chi connectivity index (χ1n) is 4.54. The maximum atomic E-state index is 12.8. The molecule has 1 heterocycles. The van der Waals surface area contributed by atoms with E-state index in [9.17, 15) is 4.39 Å². The molecule has 1 unspecified atom stereocenters. The van der Waals surface area contributed by atoms with E-state index in [0.29, 0.717) is 11.6 Å². The van der Waals surface area contributed by atoms with Crippen molar-refractivity contribution in [3.05, 3.63) is 34.6 Å². The average Bonchev–Trinajstić information content (AvgIpc) is 2.19. The fourth-order valence-corrected chi connectivity index (χ4v) is 1.82. The summed E-state index contributed by atoms with van der Waals surface area (Å²) >= 11 is 5.92. The van der Waals surface area contributed by atoms with Crippen LogP contribution in [0, 0.1) is 5.82 Å². The summed E-state index contributed by atoms with van der Waals surface area (Å²) in [6, 6.07) is 4.39. The van der Waals surface area contributed by atoms with E-state index in [1.54, 1.807) is 6.07 Å². The Morgan fingerprint density at radius 2 is 2.36 bits per heavy atom. The van der Waals surface area contributed by atoms with Crippen LogP contribution in [0.5, 0.6) is 0 Å². The lowest BCUT2D eigenvalue weighted by Crippen LogP contribution is -2.33. The Morgan fingerprint density at radius 1 is 1.50 bits per heavy atom. The number of halogens is 2. The van der Waals surface area contributed by atoms with Crippen molar-refractivity contribution in [3.63, 3.8) is 0 Å². The molecule has 2 nitrogen and oxygen atoms in total. The second-order valence-electron chi connectivity index (χ2n) is 3.23. The fraction of sp³-hybridized carbons (Fsp3) is 0.400. The van der Waals surface area contributed by atoms with Gasteiger partial charge in [-0.2, -0.15) is 0 Å². The van der Waals surface area contributed by atoms with E-state index in [-0.39, 0.29) is 11.9 Å². The molecule has 0 amide bonds. The fourth-order valence-electron chi connectivity index (χ4n) is 1.53. The molecule has 2 rings (SSSR count). The molecular weight excluding hydrogens is 205 g/mol. The average molecular weight is 216 g/mol. The van der Waals surface area contributed by atoms with E-state index in [1.807, 2.05) is 0 Å². The van der Waals surface area contributed by atoms with Gasteiger partial charge in [0.15, 0.2) is 0 Å². The van der Waals surface area contributed by atoms with E-state index in [0.717, 1.165) is 18.7 Å².